The van der Waals surface area contributed by atoms with E-state index in [-0.39, 0.29) is 5.41 Å². The number of hydrogen-bond acceptors (Lipinski definition) is 5. The molecule has 0 saturated carbocycles. The monoisotopic (exact) mass is 229 g/mol. The van der Waals surface area contributed by atoms with Gasteiger partial charge in [-0.05, 0) is 11.8 Å². The Morgan fingerprint density at radius 3 is 2.87 bits per heavy atom. The van der Waals surface area contributed by atoms with E-state index in [9.17, 15) is 0 Å². The molecule has 1 aromatic rings. The highest BCUT2D eigenvalue weighted by Gasteiger charge is 2.17. The van der Waals surface area contributed by atoms with Crippen molar-refractivity contribution in [2.45, 2.75) is 20.3 Å². The zero-order chi connectivity index (χ0) is 11.3. The number of nitrogens with one attached hydrogen (secondary N) is 1. The van der Waals surface area contributed by atoms with Gasteiger partial charge in [0.2, 0.25) is 0 Å². The van der Waals surface area contributed by atoms with Crippen molar-refractivity contribution in [1.29, 1.82) is 0 Å². The van der Waals surface area contributed by atoms with E-state index in [1.807, 2.05) is 0 Å². The lowest BCUT2D eigenvalue weighted by molar-refractivity contribution is 0.157. The molecule has 0 aromatic carbocycles. The average Bonchev–Trinajstić information content (AvgIpc) is 2.59. The molecular weight excluding hydrogens is 210 g/mol. The lowest BCUT2D eigenvalue weighted by Gasteiger charge is -2.24. The summed E-state index contributed by atoms with van der Waals surface area (Å²) in [7, 11) is 1.73. The van der Waals surface area contributed by atoms with Gasteiger partial charge in [0.15, 0.2) is 5.13 Å². The molecule has 0 unspecified atom stereocenters. The molecule has 0 aliphatic heterocycles. The lowest BCUT2D eigenvalue weighted by Crippen LogP contribution is -2.24. The summed E-state index contributed by atoms with van der Waals surface area (Å²) in [4.78, 5) is 4.15. The normalized spacial score (nSPS) is 11.7. The molecular formula is C10H19N3OS. The minimum atomic E-state index is 0.205. The largest absolute Gasteiger partial charge is 0.389 e. The van der Waals surface area contributed by atoms with Gasteiger partial charge >= 0.3 is 0 Å². The highest BCUT2D eigenvalue weighted by Crippen LogP contribution is 2.24. The van der Waals surface area contributed by atoms with Gasteiger partial charge in [-0.3, -0.25) is 0 Å². The summed E-state index contributed by atoms with van der Waals surface area (Å²) in [5.41, 5.74) is 5.80. The zero-order valence-electron chi connectivity index (χ0n) is 9.54. The molecule has 5 heteroatoms. The maximum atomic E-state index is 5.59. The molecule has 15 heavy (non-hydrogen) atoms. The molecule has 0 fully saturated rings. The summed E-state index contributed by atoms with van der Waals surface area (Å²) in [6.45, 7) is 6.07. The lowest BCUT2D eigenvalue weighted by atomic mass is 9.90. The van der Waals surface area contributed by atoms with Crippen LogP contribution in [-0.4, -0.2) is 25.2 Å². The van der Waals surface area contributed by atoms with Crippen molar-refractivity contribution in [1.82, 2.24) is 4.98 Å². The van der Waals surface area contributed by atoms with E-state index in [1.54, 1.807) is 13.3 Å². The molecule has 1 heterocycles. The van der Waals surface area contributed by atoms with Crippen LogP contribution >= 0.6 is 11.3 Å². The van der Waals surface area contributed by atoms with Crippen LogP contribution < -0.4 is 11.1 Å². The Labute approximate surface area is 94.8 Å². The molecule has 0 amide bonds. The predicted octanol–water partition coefficient (Wildman–Crippen LogP) is 2.20. The molecule has 86 valence electrons. The zero-order valence-corrected chi connectivity index (χ0v) is 10.4. The Morgan fingerprint density at radius 1 is 1.60 bits per heavy atom. The number of aromatic nitrogens is 1. The SMILES string of the molecule is COCCC(C)(C)CNc1ncc(N)s1. The Balaban J connectivity index is 2.35. The van der Waals surface area contributed by atoms with Gasteiger partial charge in [-0.25, -0.2) is 4.98 Å². The Bertz CT molecular complexity index is 299. The molecule has 0 aliphatic rings. The van der Waals surface area contributed by atoms with Gasteiger partial charge in [0, 0.05) is 20.3 Å². The van der Waals surface area contributed by atoms with E-state index in [0.717, 1.165) is 29.7 Å². The maximum absolute atomic E-state index is 5.59. The van der Waals surface area contributed by atoms with Gasteiger partial charge in [0.1, 0.15) is 5.00 Å². The first kappa shape index (κ1) is 12.3. The van der Waals surface area contributed by atoms with Crippen molar-refractivity contribution < 1.29 is 4.74 Å². The molecule has 1 aromatic heterocycles. The first-order valence-electron chi connectivity index (χ1n) is 4.97. The van der Waals surface area contributed by atoms with E-state index in [2.05, 4.69) is 24.1 Å². The van der Waals surface area contributed by atoms with Crippen molar-refractivity contribution in [2.24, 2.45) is 5.41 Å². The Morgan fingerprint density at radius 2 is 2.33 bits per heavy atom. The van der Waals surface area contributed by atoms with Crippen molar-refractivity contribution in [2.75, 3.05) is 31.3 Å². The van der Waals surface area contributed by atoms with Crippen molar-refractivity contribution >= 4 is 21.5 Å². The third kappa shape index (κ3) is 4.48. The number of ether oxygens (including phenoxy) is 1. The van der Waals surface area contributed by atoms with Crippen LogP contribution in [0.15, 0.2) is 6.20 Å². The van der Waals surface area contributed by atoms with Crippen LogP contribution in [0.1, 0.15) is 20.3 Å². The minimum Gasteiger partial charge on any atom is -0.389 e. The molecule has 0 spiro atoms. The fourth-order valence-electron chi connectivity index (χ4n) is 1.15. The van der Waals surface area contributed by atoms with E-state index in [1.165, 1.54) is 11.3 Å². The smallest absolute Gasteiger partial charge is 0.184 e. The van der Waals surface area contributed by atoms with Crippen LogP contribution in [0.3, 0.4) is 0 Å². The Hall–Kier alpha value is -0.810. The number of nitrogens with zero attached hydrogens (tertiary/aromatic N) is 1. The number of thiazole rings is 1. The van der Waals surface area contributed by atoms with Gasteiger partial charge in [0.25, 0.3) is 0 Å². The van der Waals surface area contributed by atoms with Crippen LogP contribution in [0, 0.1) is 5.41 Å². The maximum Gasteiger partial charge on any atom is 0.184 e. The van der Waals surface area contributed by atoms with Crippen molar-refractivity contribution in [3.8, 4) is 0 Å². The summed E-state index contributed by atoms with van der Waals surface area (Å²) in [6, 6.07) is 0. The molecule has 0 saturated heterocycles. The van der Waals surface area contributed by atoms with Gasteiger partial charge < -0.3 is 15.8 Å². The third-order valence-corrected chi connectivity index (χ3v) is 3.01. The topological polar surface area (TPSA) is 60.2 Å². The summed E-state index contributed by atoms with van der Waals surface area (Å²) < 4.78 is 5.07. The van der Waals surface area contributed by atoms with Crippen LogP contribution in [0.25, 0.3) is 0 Å². The average molecular weight is 229 g/mol. The van der Waals surface area contributed by atoms with E-state index in [0.29, 0.717) is 0 Å². The van der Waals surface area contributed by atoms with E-state index >= 15 is 0 Å². The Kier molecular flexibility index (Phi) is 4.35. The van der Waals surface area contributed by atoms with Gasteiger partial charge in [-0.2, -0.15) is 0 Å². The predicted molar refractivity (Wildman–Crippen MR) is 65.3 cm³/mol. The second-order valence-electron chi connectivity index (χ2n) is 4.33. The van der Waals surface area contributed by atoms with Crippen molar-refractivity contribution in [3.63, 3.8) is 0 Å². The summed E-state index contributed by atoms with van der Waals surface area (Å²) in [5.74, 6) is 0. The van der Waals surface area contributed by atoms with Gasteiger partial charge in [-0.15, -0.1) is 0 Å². The molecule has 4 nitrogen and oxygen atoms in total. The quantitative estimate of drug-likeness (QED) is 0.785. The van der Waals surface area contributed by atoms with Crippen LogP contribution in [0.2, 0.25) is 0 Å². The van der Waals surface area contributed by atoms with Crippen LogP contribution in [-0.2, 0) is 4.74 Å². The summed E-state index contributed by atoms with van der Waals surface area (Å²) in [6.07, 6.45) is 2.70. The minimum absolute atomic E-state index is 0.205. The number of rotatable bonds is 6. The third-order valence-electron chi connectivity index (χ3n) is 2.22. The highest BCUT2D eigenvalue weighted by molar-refractivity contribution is 7.19. The second kappa shape index (κ2) is 5.32. The van der Waals surface area contributed by atoms with Crippen LogP contribution in [0.4, 0.5) is 10.1 Å². The first-order chi connectivity index (χ1) is 7.03. The fourth-order valence-corrected chi connectivity index (χ4v) is 1.73. The molecule has 1 rings (SSSR count). The molecule has 0 radical (unpaired) electrons. The van der Waals surface area contributed by atoms with Crippen molar-refractivity contribution in [3.05, 3.63) is 6.20 Å². The van der Waals surface area contributed by atoms with Gasteiger partial charge in [0.05, 0.1) is 6.20 Å². The number of anilines is 2. The summed E-state index contributed by atoms with van der Waals surface area (Å²) >= 11 is 1.48. The second-order valence-corrected chi connectivity index (χ2v) is 5.39. The fraction of sp³-hybridized carbons (Fsp3) is 0.700. The molecule has 0 bridgehead atoms. The molecule has 0 atom stereocenters. The number of nitrogen functional groups attached to an aromatic ring is 1. The van der Waals surface area contributed by atoms with E-state index in [4.69, 9.17) is 10.5 Å². The number of hydrogen-bond donors (Lipinski definition) is 2. The van der Waals surface area contributed by atoms with Gasteiger partial charge in [-0.1, -0.05) is 25.2 Å². The first-order valence-corrected chi connectivity index (χ1v) is 5.79. The number of nitrogens with two attached hydrogens (primary N) is 1. The standard InChI is InChI=1S/C10H19N3OS/c1-10(2,4-5-14-3)7-13-9-12-6-8(11)15-9/h6H,4-5,7,11H2,1-3H3,(H,12,13). The van der Waals surface area contributed by atoms with E-state index < -0.39 is 0 Å². The molecule has 0 aliphatic carbocycles. The highest BCUT2D eigenvalue weighted by atomic mass is 32.1. The number of methoxy groups -OCH3 is 1. The van der Waals surface area contributed by atoms with Crippen LogP contribution in [0.5, 0.6) is 0 Å². The molecule has 3 N–H and O–H groups in total. The summed E-state index contributed by atoms with van der Waals surface area (Å²) in [5, 5.41) is 4.92.